The summed E-state index contributed by atoms with van der Waals surface area (Å²) in [5, 5.41) is 25.0. The second kappa shape index (κ2) is 20.9. The van der Waals surface area contributed by atoms with Crippen LogP contribution in [-0.2, 0) is 9.59 Å². The number of nitrogens with one attached hydrogen (secondary N) is 1. The van der Waals surface area contributed by atoms with E-state index in [2.05, 4.69) is 45.2 Å². The second-order valence-electron chi connectivity index (χ2n) is 18.5. The van der Waals surface area contributed by atoms with Gasteiger partial charge in [-0.1, -0.05) is 91.2 Å². The fourth-order valence-corrected chi connectivity index (χ4v) is 11.8. The highest BCUT2D eigenvalue weighted by Gasteiger charge is 2.62. The van der Waals surface area contributed by atoms with Crippen LogP contribution >= 0.6 is 0 Å². The van der Waals surface area contributed by atoms with Gasteiger partial charge in [0, 0.05) is 33.0 Å². The third-order valence-corrected chi connectivity index (χ3v) is 15.1. The summed E-state index contributed by atoms with van der Waals surface area (Å²) in [4.78, 5) is 27.3. The molecule has 4 aliphatic carbocycles. The average Bonchev–Trinajstić information content (AvgIpc) is 3.46. The second-order valence-corrected chi connectivity index (χ2v) is 18.5. The first-order chi connectivity index (χ1) is 24.5. The van der Waals surface area contributed by atoms with Crippen LogP contribution in [0, 0.1) is 46.3 Å². The lowest BCUT2D eigenvalue weighted by molar-refractivity contribution is -0.174. The molecule has 3 N–H and O–H groups in total. The zero-order valence-electron chi connectivity index (χ0n) is 33.8. The molecule has 0 bridgehead atoms. The molecule has 6 nitrogen and oxygen atoms in total. The molecular formula is C45H80N2O4. The van der Waals surface area contributed by atoms with Crippen molar-refractivity contribution in [1.82, 2.24) is 10.2 Å². The number of amides is 2. The Hall–Kier alpha value is -1.40. The highest BCUT2D eigenvalue weighted by molar-refractivity contribution is 5.77. The monoisotopic (exact) mass is 713 g/mol. The van der Waals surface area contributed by atoms with Crippen molar-refractivity contribution in [3.8, 4) is 0 Å². The molecule has 2 amide bonds. The van der Waals surface area contributed by atoms with E-state index in [9.17, 15) is 19.8 Å². The number of hydrogen-bond donors (Lipinski definition) is 3. The average molecular weight is 713 g/mol. The molecule has 0 aliphatic heterocycles. The summed E-state index contributed by atoms with van der Waals surface area (Å²) >= 11 is 0. The molecule has 0 saturated heterocycles. The molecule has 0 aromatic rings. The predicted octanol–water partition coefficient (Wildman–Crippen LogP) is 10.0. The molecule has 4 fully saturated rings. The van der Waals surface area contributed by atoms with E-state index in [-0.39, 0.29) is 34.9 Å². The highest BCUT2D eigenvalue weighted by atomic mass is 16.3. The van der Waals surface area contributed by atoms with E-state index in [1.807, 2.05) is 7.05 Å². The van der Waals surface area contributed by atoms with Gasteiger partial charge in [0.25, 0.3) is 0 Å². The van der Waals surface area contributed by atoms with Crippen LogP contribution < -0.4 is 5.32 Å². The number of nitrogens with zero attached hydrogens (tertiary/aromatic N) is 1. The SMILES string of the molecule is CCCCCCCCC=CCCCCCCCC(=O)N(C)CCNC(=O)CCC(C)C1CCC2C3C(O)CC4CC(O)CCC4(C)C3CCC12C. The van der Waals surface area contributed by atoms with Crippen molar-refractivity contribution in [1.29, 1.82) is 0 Å². The number of likely N-dealkylation sites (N-methyl/N-ethyl adjacent to an activating group) is 1. The molecule has 0 aromatic carbocycles. The van der Waals surface area contributed by atoms with Crippen LogP contribution in [0.5, 0.6) is 0 Å². The Balaban J connectivity index is 1.05. The molecule has 51 heavy (non-hydrogen) atoms. The summed E-state index contributed by atoms with van der Waals surface area (Å²) < 4.78 is 0. The maximum atomic E-state index is 12.9. The van der Waals surface area contributed by atoms with Crippen molar-refractivity contribution in [2.24, 2.45) is 46.3 Å². The quantitative estimate of drug-likeness (QED) is 0.0770. The molecule has 0 spiro atoms. The molecule has 4 saturated carbocycles. The van der Waals surface area contributed by atoms with Crippen molar-refractivity contribution in [2.75, 3.05) is 20.1 Å². The van der Waals surface area contributed by atoms with Crippen LogP contribution in [0.25, 0.3) is 0 Å². The largest absolute Gasteiger partial charge is 0.393 e. The number of carbonyl (C=O) groups excluding carboxylic acids is 2. The minimum atomic E-state index is -0.241. The van der Waals surface area contributed by atoms with E-state index < -0.39 is 0 Å². The van der Waals surface area contributed by atoms with Crippen LogP contribution in [0.1, 0.15) is 182 Å². The number of aliphatic hydroxyl groups excluding tert-OH is 2. The zero-order valence-corrected chi connectivity index (χ0v) is 33.8. The van der Waals surface area contributed by atoms with Crippen LogP contribution in [0.15, 0.2) is 12.2 Å². The lowest BCUT2D eigenvalue weighted by Crippen LogP contribution is -2.58. The number of aliphatic hydroxyl groups is 2. The van der Waals surface area contributed by atoms with Crippen molar-refractivity contribution in [2.45, 2.75) is 194 Å². The summed E-state index contributed by atoms with van der Waals surface area (Å²) in [6.07, 6.45) is 31.3. The molecule has 10 atom stereocenters. The van der Waals surface area contributed by atoms with Crippen LogP contribution in [-0.4, -0.2) is 59.3 Å². The van der Waals surface area contributed by atoms with Gasteiger partial charge >= 0.3 is 0 Å². The molecule has 0 aromatic heterocycles. The van der Waals surface area contributed by atoms with Gasteiger partial charge in [-0.25, -0.2) is 0 Å². The van der Waals surface area contributed by atoms with E-state index in [0.29, 0.717) is 61.4 Å². The molecule has 0 heterocycles. The minimum absolute atomic E-state index is 0.101. The Morgan fingerprint density at radius 2 is 1.43 bits per heavy atom. The Labute approximate surface area is 313 Å². The van der Waals surface area contributed by atoms with Gasteiger partial charge in [0.05, 0.1) is 12.2 Å². The normalized spacial score (nSPS) is 33.7. The van der Waals surface area contributed by atoms with Crippen molar-refractivity contribution >= 4 is 11.8 Å². The minimum Gasteiger partial charge on any atom is -0.393 e. The summed E-state index contributed by atoms with van der Waals surface area (Å²) in [6, 6.07) is 0. The van der Waals surface area contributed by atoms with E-state index in [1.54, 1.807) is 4.90 Å². The van der Waals surface area contributed by atoms with Crippen molar-refractivity contribution < 1.29 is 19.8 Å². The smallest absolute Gasteiger partial charge is 0.222 e. The number of allylic oxidation sites excluding steroid dienone is 2. The van der Waals surface area contributed by atoms with Gasteiger partial charge < -0.3 is 20.4 Å². The van der Waals surface area contributed by atoms with E-state index in [0.717, 1.165) is 44.9 Å². The molecular weight excluding hydrogens is 633 g/mol. The first-order valence-electron chi connectivity index (χ1n) is 22.0. The summed E-state index contributed by atoms with van der Waals surface area (Å²) in [5.41, 5.74) is 0.497. The number of hydrogen-bond acceptors (Lipinski definition) is 4. The maximum absolute atomic E-state index is 12.9. The van der Waals surface area contributed by atoms with Crippen molar-refractivity contribution in [3.63, 3.8) is 0 Å². The van der Waals surface area contributed by atoms with Gasteiger partial charge in [-0.05, 0) is 136 Å². The molecule has 4 aliphatic rings. The summed E-state index contributed by atoms with van der Waals surface area (Å²) in [5.74, 6) is 3.34. The molecule has 4 rings (SSSR count). The Morgan fingerprint density at radius 1 is 0.804 bits per heavy atom. The van der Waals surface area contributed by atoms with Gasteiger partial charge in [0.2, 0.25) is 11.8 Å². The fourth-order valence-electron chi connectivity index (χ4n) is 11.8. The van der Waals surface area contributed by atoms with Crippen molar-refractivity contribution in [3.05, 3.63) is 12.2 Å². The van der Waals surface area contributed by atoms with Crippen LogP contribution in [0.4, 0.5) is 0 Å². The van der Waals surface area contributed by atoms with E-state index in [1.165, 1.54) is 96.3 Å². The van der Waals surface area contributed by atoms with Gasteiger partial charge in [-0.3, -0.25) is 9.59 Å². The number of unbranched alkanes of at least 4 members (excludes halogenated alkanes) is 11. The number of carbonyl (C=O) groups is 2. The summed E-state index contributed by atoms with van der Waals surface area (Å²) in [6.45, 7) is 10.7. The Bertz CT molecular complexity index is 1080. The van der Waals surface area contributed by atoms with Gasteiger partial charge in [-0.2, -0.15) is 0 Å². The molecule has 0 radical (unpaired) electrons. The Kier molecular flexibility index (Phi) is 17.3. The Morgan fingerprint density at radius 3 is 2.14 bits per heavy atom. The number of fused-ring (bicyclic) bond motifs is 5. The predicted molar refractivity (Wildman–Crippen MR) is 211 cm³/mol. The first kappa shape index (κ1) is 42.3. The molecule has 294 valence electrons. The fraction of sp³-hybridized carbons (Fsp3) is 0.911. The highest BCUT2D eigenvalue weighted by Crippen LogP contribution is 2.68. The summed E-state index contributed by atoms with van der Waals surface area (Å²) in [7, 11) is 1.86. The van der Waals surface area contributed by atoms with Gasteiger partial charge in [0.15, 0.2) is 0 Å². The van der Waals surface area contributed by atoms with Crippen LogP contribution in [0.2, 0.25) is 0 Å². The van der Waals surface area contributed by atoms with Crippen LogP contribution in [0.3, 0.4) is 0 Å². The topological polar surface area (TPSA) is 89.9 Å². The third kappa shape index (κ3) is 11.5. The molecule has 6 heteroatoms. The number of rotatable bonds is 22. The van der Waals surface area contributed by atoms with Gasteiger partial charge in [0.1, 0.15) is 0 Å². The lowest BCUT2D eigenvalue weighted by Gasteiger charge is -2.62. The van der Waals surface area contributed by atoms with E-state index in [4.69, 9.17) is 0 Å². The zero-order chi connectivity index (χ0) is 36.9. The molecule has 10 unspecified atom stereocenters. The third-order valence-electron chi connectivity index (χ3n) is 15.1. The lowest BCUT2D eigenvalue weighted by atomic mass is 9.43. The van der Waals surface area contributed by atoms with Gasteiger partial charge in [-0.15, -0.1) is 0 Å². The standard InChI is InChI=1S/C45H80N2O4/c1-6-7-8-9-10-11-12-13-14-15-16-17-18-19-20-21-42(51)47(5)31-30-46-41(50)25-22-34(2)37-23-24-38-43-39(27-29-45(37,38)4)44(3)28-26-36(48)32-35(44)33-40(43)49/h13-14,34-40,43,48-49H,6-12,15-33H2,1-5H3,(H,46,50). The first-order valence-corrected chi connectivity index (χ1v) is 22.0. The van der Waals surface area contributed by atoms with E-state index >= 15 is 0 Å². The maximum Gasteiger partial charge on any atom is 0.222 e.